The highest BCUT2D eigenvalue weighted by atomic mass is 16.5. The van der Waals surface area contributed by atoms with Crippen molar-refractivity contribution in [2.45, 2.75) is 13.0 Å². The summed E-state index contributed by atoms with van der Waals surface area (Å²) >= 11 is 0. The van der Waals surface area contributed by atoms with Crippen molar-refractivity contribution >= 4 is 16.9 Å². The summed E-state index contributed by atoms with van der Waals surface area (Å²) in [5.74, 6) is 1.61. The number of para-hydroxylation sites is 1. The van der Waals surface area contributed by atoms with Crippen LogP contribution in [0, 0.1) is 0 Å². The Morgan fingerprint density at radius 2 is 1.58 bits per heavy atom. The van der Waals surface area contributed by atoms with Crippen LogP contribution >= 0.6 is 0 Å². The average molecular weight is 480 g/mol. The van der Waals surface area contributed by atoms with Crippen molar-refractivity contribution in [1.29, 1.82) is 0 Å². The summed E-state index contributed by atoms with van der Waals surface area (Å²) in [7, 11) is 1.59. The second-order valence-corrected chi connectivity index (χ2v) is 8.31. The Bertz CT molecular complexity index is 1490. The number of carbonyl (C=O) groups is 1. The van der Waals surface area contributed by atoms with Crippen LogP contribution in [0.15, 0.2) is 97.1 Å². The number of carboxylic acid groups (broad SMARTS) is 1. The minimum absolute atomic E-state index is 0.140. The molecule has 0 bridgehead atoms. The van der Waals surface area contributed by atoms with E-state index in [1.54, 1.807) is 7.11 Å². The molecule has 0 aliphatic rings. The van der Waals surface area contributed by atoms with Gasteiger partial charge in [-0.25, -0.2) is 0 Å². The highest BCUT2D eigenvalue weighted by Gasteiger charge is 2.18. The molecule has 36 heavy (non-hydrogen) atoms. The quantitative estimate of drug-likeness (QED) is 0.242. The van der Waals surface area contributed by atoms with Crippen LogP contribution in [0.4, 0.5) is 0 Å². The highest BCUT2D eigenvalue weighted by molar-refractivity contribution is 5.95. The topological polar surface area (TPSA) is 80.8 Å². The largest absolute Gasteiger partial charge is 0.493 e. The molecule has 0 fully saturated rings. The van der Waals surface area contributed by atoms with Crippen molar-refractivity contribution in [3.63, 3.8) is 0 Å². The molecular weight excluding hydrogens is 454 g/mol. The predicted octanol–water partition coefficient (Wildman–Crippen LogP) is 6.84. The zero-order valence-corrected chi connectivity index (χ0v) is 19.7. The van der Waals surface area contributed by atoms with E-state index in [1.165, 1.54) is 0 Å². The molecule has 0 aliphatic heterocycles. The summed E-state index contributed by atoms with van der Waals surface area (Å²) in [6, 6.07) is 30.6. The summed E-state index contributed by atoms with van der Waals surface area (Å²) in [5.41, 5.74) is 4.08. The molecule has 5 rings (SSSR count). The first-order valence-corrected chi connectivity index (χ1v) is 11.5. The lowest BCUT2D eigenvalue weighted by molar-refractivity contribution is -0.136. The van der Waals surface area contributed by atoms with E-state index in [0.717, 1.165) is 27.7 Å². The van der Waals surface area contributed by atoms with Crippen LogP contribution in [-0.2, 0) is 17.8 Å². The fourth-order valence-electron chi connectivity index (χ4n) is 4.17. The molecule has 5 aromatic rings. The number of aliphatic carboxylic acids is 1. The number of benzene rings is 4. The molecule has 1 aromatic heterocycles. The fourth-order valence-corrected chi connectivity index (χ4v) is 4.17. The van der Waals surface area contributed by atoms with Gasteiger partial charge in [-0.05, 0) is 59.7 Å². The SMILES string of the molecule is COc1cc(-c2[nH]c3ccc(Oc4ccccc4)cc3c2CC(=O)O)ccc1OCc1ccccc1. The maximum absolute atomic E-state index is 11.8. The van der Waals surface area contributed by atoms with Gasteiger partial charge in [-0.3, -0.25) is 4.79 Å². The number of H-pyrrole nitrogens is 1. The van der Waals surface area contributed by atoms with Gasteiger partial charge in [0.25, 0.3) is 0 Å². The van der Waals surface area contributed by atoms with Gasteiger partial charge in [0.1, 0.15) is 18.1 Å². The molecule has 1 heterocycles. The first kappa shape index (κ1) is 23.1. The van der Waals surface area contributed by atoms with Crippen molar-refractivity contribution < 1.29 is 24.1 Å². The first-order valence-electron chi connectivity index (χ1n) is 11.5. The smallest absolute Gasteiger partial charge is 0.307 e. The normalized spacial score (nSPS) is 10.8. The van der Waals surface area contributed by atoms with Crippen LogP contribution < -0.4 is 14.2 Å². The summed E-state index contributed by atoms with van der Waals surface area (Å²) in [6.07, 6.45) is -0.140. The summed E-state index contributed by atoms with van der Waals surface area (Å²) in [5, 5.41) is 10.4. The van der Waals surface area contributed by atoms with Gasteiger partial charge in [0.15, 0.2) is 11.5 Å². The van der Waals surface area contributed by atoms with Gasteiger partial charge < -0.3 is 24.3 Å². The standard InChI is InChI=1S/C30H25NO5/c1-34-28-16-21(12-15-27(28)35-19-20-8-4-2-5-9-20)30-25(18-29(32)33)24-17-23(13-14-26(24)31-30)36-22-10-6-3-7-11-22/h2-17,31H,18-19H2,1H3,(H,32,33). The zero-order chi connectivity index (χ0) is 24.9. The van der Waals surface area contributed by atoms with Crippen LogP contribution in [0.3, 0.4) is 0 Å². The minimum atomic E-state index is -0.915. The number of carboxylic acids is 1. The third-order valence-electron chi connectivity index (χ3n) is 5.87. The monoisotopic (exact) mass is 479 g/mol. The van der Waals surface area contributed by atoms with Gasteiger partial charge >= 0.3 is 5.97 Å². The summed E-state index contributed by atoms with van der Waals surface area (Å²) in [6.45, 7) is 0.414. The van der Waals surface area contributed by atoms with E-state index in [2.05, 4.69) is 4.98 Å². The number of ether oxygens (including phenoxy) is 3. The molecule has 0 saturated heterocycles. The number of fused-ring (bicyclic) bond motifs is 1. The lowest BCUT2D eigenvalue weighted by Crippen LogP contribution is -2.01. The maximum Gasteiger partial charge on any atom is 0.307 e. The number of hydrogen-bond acceptors (Lipinski definition) is 4. The Morgan fingerprint density at radius 3 is 2.31 bits per heavy atom. The van der Waals surface area contributed by atoms with Crippen molar-refractivity contribution in [3.8, 4) is 34.3 Å². The lowest BCUT2D eigenvalue weighted by Gasteiger charge is -2.13. The number of methoxy groups -OCH3 is 1. The van der Waals surface area contributed by atoms with E-state index in [9.17, 15) is 9.90 Å². The first-order chi connectivity index (χ1) is 17.6. The van der Waals surface area contributed by atoms with Crippen molar-refractivity contribution in [3.05, 3.63) is 108 Å². The third kappa shape index (κ3) is 5.03. The van der Waals surface area contributed by atoms with Gasteiger partial charge in [0, 0.05) is 16.5 Å². The molecule has 0 unspecified atom stereocenters. The summed E-state index contributed by atoms with van der Waals surface area (Å²) in [4.78, 5) is 15.2. The molecule has 4 aromatic carbocycles. The van der Waals surface area contributed by atoms with Crippen LogP contribution in [0.5, 0.6) is 23.0 Å². The fraction of sp³-hybridized carbons (Fsp3) is 0.100. The van der Waals surface area contributed by atoms with Gasteiger partial charge in [-0.15, -0.1) is 0 Å². The Hall–Kier alpha value is -4.71. The van der Waals surface area contributed by atoms with Crippen molar-refractivity contribution in [2.24, 2.45) is 0 Å². The van der Waals surface area contributed by atoms with E-state index >= 15 is 0 Å². The maximum atomic E-state index is 11.8. The average Bonchev–Trinajstić information content (AvgIpc) is 3.25. The number of hydrogen-bond donors (Lipinski definition) is 2. The minimum Gasteiger partial charge on any atom is -0.493 e. The van der Waals surface area contributed by atoms with E-state index in [1.807, 2.05) is 97.1 Å². The van der Waals surface area contributed by atoms with Crippen LogP contribution in [-0.4, -0.2) is 23.2 Å². The van der Waals surface area contributed by atoms with E-state index in [4.69, 9.17) is 14.2 Å². The van der Waals surface area contributed by atoms with Gasteiger partial charge in [-0.1, -0.05) is 48.5 Å². The summed E-state index contributed by atoms with van der Waals surface area (Å²) < 4.78 is 17.6. The number of aromatic nitrogens is 1. The Labute approximate surface area is 208 Å². The number of rotatable bonds is 9. The molecular formula is C30H25NO5. The van der Waals surface area contributed by atoms with Crippen molar-refractivity contribution in [1.82, 2.24) is 4.98 Å². The second-order valence-electron chi connectivity index (χ2n) is 8.31. The molecule has 0 amide bonds. The Kier molecular flexibility index (Phi) is 6.58. The Morgan fingerprint density at radius 1 is 0.833 bits per heavy atom. The van der Waals surface area contributed by atoms with Crippen LogP contribution in [0.1, 0.15) is 11.1 Å². The van der Waals surface area contributed by atoms with Crippen LogP contribution in [0.2, 0.25) is 0 Å². The molecule has 0 atom stereocenters. The molecule has 0 saturated carbocycles. The Balaban J connectivity index is 1.50. The highest BCUT2D eigenvalue weighted by Crippen LogP contribution is 2.38. The molecule has 6 nitrogen and oxygen atoms in total. The van der Waals surface area contributed by atoms with Gasteiger partial charge in [0.2, 0.25) is 0 Å². The van der Waals surface area contributed by atoms with Gasteiger partial charge in [0.05, 0.1) is 19.2 Å². The number of nitrogens with one attached hydrogen (secondary N) is 1. The van der Waals surface area contributed by atoms with E-state index < -0.39 is 5.97 Å². The third-order valence-corrected chi connectivity index (χ3v) is 5.87. The molecule has 2 N–H and O–H groups in total. The lowest BCUT2D eigenvalue weighted by atomic mass is 10.0. The second kappa shape index (κ2) is 10.3. The van der Waals surface area contributed by atoms with E-state index in [-0.39, 0.29) is 6.42 Å². The number of aromatic amines is 1. The molecule has 0 spiro atoms. The zero-order valence-electron chi connectivity index (χ0n) is 19.7. The molecule has 6 heteroatoms. The molecule has 180 valence electrons. The van der Waals surface area contributed by atoms with Gasteiger partial charge in [-0.2, -0.15) is 0 Å². The molecule has 0 aliphatic carbocycles. The van der Waals surface area contributed by atoms with Crippen molar-refractivity contribution in [2.75, 3.05) is 7.11 Å². The molecule has 0 radical (unpaired) electrons. The van der Waals surface area contributed by atoms with Crippen LogP contribution in [0.25, 0.3) is 22.2 Å². The van der Waals surface area contributed by atoms with E-state index in [0.29, 0.717) is 35.2 Å². The predicted molar refractivity (Wildman–Crippen MR) is 139 cm³/mol.